The summed E-state index contributed by atoms with van der Waals surface area (Å²) in [6, 6.07) is 0. The number of esters is 1. The first-order valence-electron chi connectivity index (χ1n) is 10.5. The molecule has 9 nitrogen and oxygen atoms in total. The van der Waals surface area contributed by atoms with Gasteiger partial charge in [-0.15, -0.1) is 0 Å². The zero-order valence-electron chi connectivity index (χ0n) is 17.6. The van der Waals surface area contributed by atoms with Gasteiger partial charge in [-0.05, 0) is 46.0 Å². The van der Waals surface area contributed by atoms with Gasteiger partial charge < -0.3 is 14.8 Å². The smallest absolute Gasteiger partial charge is 0.341 e. The van der Waals surface area contributed by atoms with Crippen LogP contribution in [0.4, 0.5) is 0 Å². The fraction of sp³-hybridized carbons (Fsp3) is 0.571. The third kappa shape index (κ3) is 5.63. The van der Waals surface area contributed by atoms with Crippen LogP contribution in [0.3, 0.4) is 0 Å². The highest BCUT2D eigenvalue weighted by molar-refractivity contribution is 5.94. The van der Waals surface area contributed by atoms with E-state index in [1.165, 1.54) is 12.4 Å². The van der Waals surface area contributed by atoms with E-state index in [0.717, 1.165) is 30.5 Å². The second-order valence-corrected chi connectivity index (χ2v) is 7.17. The van der Waals surface area contributed by atoms with Crippen molar-refractivity contribution in [2.75, 3.05) is 26.4 Å². The van der Waals surface area contributed by atoms with Crippen molar-refractivity contribution >= 4 is 11.9 Å². The van der Waals surface area contributed by atoms with Crippen LogP contribution in [0.5, 0.6) is 0 Å². The predicted octanol–water partition coefficient (Wildman–Crippen LogP) is 1.87. The van der Waals surface area contributed by atoms with E-state index < -0.39 is 5.97 Å². The molecule has 0 saturated carbocycles. The number of hydrogen-bond acceptors (Lipinski definition) is 7. The third-order valence-corrected chi connectivity index (χ3v) is 4.92. The molecule has 0 atom stereocenters. The Balaban J connectivity index is 1.64. The maximum atomic E-state index is 12.7. The summed E-state index contributed by atoms with van der Waals surface area (Å²) in [5.74, 6) is 0.0782. The first kappa shape index (κ1) is 21.9. The van der Waals surface area contributed by atoms with E-state index in [0.29, 0.717) is 56.2 Å². The van der Waals surface area contributed by atoms with Crippen molar-refractivity contribution in [2.24, 2.45) is 0 Å². The number of nitrogens with zero attached hydrogens (tertiary/aromatic N) is 4. The number of amides is 1. The van der Waals surface area contributed by atoms with Crippen LogP contribution in [0.2, 0.25) is 0 Å². The van der Waals surface area contributed by atoms with Crippen LogP contribution in [-0.2, 0) is 28.9 Å². The number of carbonyl (C=O) groups excluding carboxylic acids is 2. The molecule has 30 heavy (non-hydrogen) atoms. The second kappa shape index (κ2) is 10.8. The molecule has 3 heterocycles. The quantitative estimate of drug-likeness (QED) is 0.567. The van der Waals surface area contributed by atoms with Gasteiger partial charge in [-0.3, -0.25) is 9.48 Å². The second-order valence-electron chi connectivity index (χ2n) is 7.17. The molecule has 9 heteroatoms. The first-order chi connectivity index (χ1) is 14.6. The predicted molar refractivity (Wildman–Crippen MR) is 109 cm³/mol. The summed E-state index contributed by atoms with van der Waals surface area (Å²) in [5.41, 5.74) is 2.83. The minimum absolute atomic E-state index is 0.0849. The van der Waals surface area contributed by atoms with E-state index in [-0.39, 0.29) is 12.5 Å². The van der Waals surface area contributed by atoms with Crippen LogP contribution >= 0.6 is 0 Å². The number of fused-ring (bicyclic) bond motifs is 1. The lowest BCUT2D eigenvalue weighted by atomic mass is 10.0. The number of aromatic nitrogens is 4. The molecule has 0 radical (unpaired) electrons. The molecule has 0 unspecified atom stereocenters. The van der Waals surface area contributed by atoms with Crippen LogP contribution < -0.4 is 5.32 Å². The number of ether oxygens (including phenoxy) is 2. The maximum Gasteiger partial charge on any atom is 0.341 e. The van der Waals surface area contributed by atoms with Gasteiger partial charge in [0, 0.05) is 44.3 Å². The lowest BCUT2D eigenvalue weighted by molar-refractivity contribution is 0.0499. The van der Waals surface area contributed by atoms with E-state index in [1.54, 1.807) is 11.6 Å². The van der Waals surface area contributed by atoms with Gasteiger partial charge in [-0.1, -0.05) is 0 Å². The summed E-state index contributed by atoms with van der Waals surface area (Å²) < 4.78 is 12.7. The lowest BCUT2D eigenvalue weighted by Crippen LogP contribution is -2.28. The molecule has 0 bridgehead atoms. The molecule has 1 N–H and O–H groups in total. The number of rotatable bonds is 6. The fourth-order valence-corrected chi connectivity index (χ4v) is 3.39. The van der Waals surface area contributed by atoms with Crippen molar-refractivity contribution in [1.82, 2.24) is 25.1 Å². The average molecular weight is 415 g/mol. The van der Waals surface area contributed by atoms with Crippen molar-refractivity contribution in [3.05, 3.63) is 40.7 Å². The van der Waals surface area contributed by atoms with Crippen molar-refractivity contribution in [2.45, 2.75) is 52.5 Å². The minimum atomic E-state index is -0.440. The van der Waals surface area contributed by atoms with E-state index in [1.807, 2.05) is 6.92 Å². The zero-order chi connectivity index (χ0) is 21.3. The Labute approximate surface area is 176 Å². The van der Waals surface area contributed by atoms with Crippen LogP contribution in [0.25, 0.3) is 0 Å². The molecule has 0 saturated heterocycles. The molecule has 3 rings (SSSR count). The first-order valence-corrected chi connectivity index (χ1v) is 10.5. The Bertz CT molecular complexity index is 863. The Morgan fingerprint density at radius 1 is 1.27 bits per heavy atom. The zero-order valence-corrected chi connectivity index (χ0v) is 17.6. The Hall–Kier alpha value is -2.81. The minimum Gasteiger partial charge on any atom is -0.462 e. The van der Waals surface area contributed by atoms with E-state index >= 15 is 0 Å². The number of carbonyl (C=O) groups is 2. The van der Waals surface area contributed by atoms with E-state index in [4.69, 9.17) is 9.47 Å². The molecule has 2 aromatic heterocycles. The van der Waals surface area contributed by atoms with Gasteiger partial charge in [0.15, 0.2) is 0 Å². The van der Waals surface area contributed by atoms with Crippen molar-refractivity contribution < 1.29 is 19.1 Å². The van der Waals surface area contributed by atoms with Gasteiger partial charge in [0.05, 0.1) is 17.9 Å². The highest BCUT2D eigenvalue weighted by Crippen LogP contribution is 2.19. The molecule has 1 amide bonds. The van der Waals surface area contributed by atoms with E-state index in [9.17, 15) is 9.59 Å². The fourth-order valence-electron chi connectivity index (χ4n) is 3.39. The summed E-state index contributed by atoms with van der Waals surface area (Å²) >= 11 is 0. The average Bonchev–Trinajstić information content (AvgIpc) is 3.08. The molecule has 1 aliphatic rings. The van der Waals surface area contributed by atoms with Crippen LogP contribution in [0, 0.1) is 6.92 Å². The van der Waals surface area contributed by atoms with Gasteiger partial charge in [0.2, 0.25) is 0 Å². The maximum absolute atomic E-state index is 12.7. The van der Waals surface area contributed by atoms with Gasteiger partial charge in [0.1, 0.15) is 11.5 Å². The molecular weight excluding hydrogens is 386 g/mol. The van der Waals surface area contributed by atoms with Gasteiger partial charge in [0.25, 0.3) is 5.91 Å². The molecule has 1 aliphatic heterocycles. The topological polar surface area (TPSA) is 108 Å². The van der Waals surface area contributed by atoms with Gasteiger partial charge in [-0.2, -0.15) is 5.10 Å². The Kier molecular flexibility index (Phi) is 7.89. The molecule has 0 aliphatic carbocycles. The van der Waals surface area contributed by atoms with Crippen molar-refractivity contribution in [3.63, 3.8) is 0 Å². The van der Waals surface area contributed by atoms with Crippen LogP contribution in [0.1, 0.15) is 64.1 Å². The Morgan fingerprint density at radius 2 is 2.03 bits per heavy atom. The highest BCUT2D eigenvalue weighted by atomic mass is 16.5. The number of nitrogens with one attached hydrogen (secondary N) is 1. The number of hydrogen-bond donors (Lipinski definition) is 1. The summed E-state index contributed by atoms with van der Waals surface area (Å²) in [6.07, 6.45) is 6.54. The van der Waals surface area contributed by atoms with E-state index in [2.05, 4.69) is 20.4 Å². The Morgan fingerprint density at radius 3 is 2.80 bits per heavy atom. The van der Waals surface area contributed by atoms with Crippen LogP contribution in [-0.4, -0.2) is 58.0 Å². The summed E-state index contributed by atoms with van der Waals surface area (Å²) in [7, 11) is 0. The number of aryl methyl sites for hydroxylation is 3. The van der Waals surface area contributed by atoms with Crippen molar-refractivity contribution in [3.8, 4) is 0 Å². The third-order valence-electron chi connectivity index (χ3n) is 4.92. The van der Waals surface area contributed by atoms with Crippen LogP contribution in [0.15, 0.2) is 12.4 Å². The molecule has 2 aromatic rings. The highest BCUT2D eigenvalue weighted by Gasteiger charge is 2.23. The molecule has 0 spiro atoms. The monoisotopic (exact) mass is 415 g/mol. The van der Waals surface area contributed by atoms with Gasteiger partial charge >= 0.3 is 5.97 Å². The molecule has 162 valence electrons. The molecular formula is C21H29N5O4. The summed E-state index contributed by atoms with van der Waals surface area (Å²) in [5, 5.41) is 7.64. The molecule has 0 fully saturated rings. The standard InChI is InChI=1S/C21H29N5O4/c1-3-26-19-17(7-4-10-29-11-6-9-22-20(19)27)18(25-26)8-5-12-30-21(28)16-13-23-15(2)24-14-16/h13-14H,3-12H2,1-2H3,(H,22,27). The normalized spacial score (nSPS) is 15.1. The molecule has 0 aromatic carbocycles. The lowest BCUT2D eigenvalue weighted by Gasteiger charge is -2.08. The summed E-state index contributed by atoms with van der Waals surface area (Å²) in [4.78, 5) is 32.8. The van der Waals surface area contributed by atoms with Gasteiger partial charge in [-0.25, -0.2) is 14.8 Å². The largest absolute Gasteiger partial charge is 0.462 e. The summed E-state index contributed by atoms with van der Waals surface area (Å²) in [6.45, 7) is 6.52. The SMILES string of the molecule is CCn1nc(CCCOC(=O)c2cnc(C)nc2)c2c1C(=O)NCCCOCCC2. The van der Waals surface area contributed by atoms with Crippen molar-refractivity contribution in [1.29, 1.82) is 0 Å².